The summed E-state index contributed by atoms with van der Waals surface area (Å²) in [5.74, 6) is -1.67. The predicted octanol–water partition coefficient (Wildman–Crippen LogP) is 6.89. The van der Waals surface area contributed by atoms with Gasteiger partial charge in [0.05, 0.1) is 17.5 Å². The number of rotatable bonds is 7. The first kappa shape index (κ1) is 26.9. The molecule has 6 nitrogen and oxygen atoms in total. The van der Waals surface area contributed by atoms with Gasteiger partial charge in [0, 0.05) is 22.5 Å². The molecule has 4 aromatic rings. The molecule has 1 saturated heterocycles. The van der Waals surface area contributed by atoms with Gasteiger partial charge in [-0.25, -0.2) is 0 Å². The fourth-order valence-corrected chi connectivity index (χ4v) is 7.19. The van der Waals surface area contributed by atoms with E-state index in [2.05, 4.69) is 11.9 Å². The summed E-state index contributed by atoms with van der Waals surface area (Å²) in [6, 6.07) is 27.2. The molecule has 1 spiro atoms. The minimum atomic E-state index is -1.42. The van der Waals surface area contributed by atoms with Crippen LogP contribution in [0.5, 0.6) is 5.75 Å². The van der Waals surface area contributed by atoms with Gasteiger partial charge in [0.2, 0.25) is 5.91 Å². The third-order valence-electron chi connectivity index (χ3n) is 8.76. The van der Waals surface area contributed by atoms with Crippen LogP contribution in [-0.4, -0.2) is 35.0 Å². The standard InChI is InChI=1S/C36H27ClN2O4/c1-2-21-43-29-14-8-5-11-26(29)33(41)30-31(32(40)23-15-17-24(37)18-16-23)39-20-19-22-9-3-4-10-25(22)34(39)36(30)27-12-6-7-13-28(27)38-35(36)42/h2-20,30-31,34H,1,21H2,(H,38,42)/t30-,31+,34-,36-/m0/s1. The summed E-state index contributed by atoms with van der Waals surface area (Å²) >= 11 is 6.17. The number of anilines is 1. The Morgan fingerprint density at radius 2 is 1.65 bits per heavy atom. The Bertz CT molecular complexity index is 1830. The summed E-state index contributed by atoms with van der Waals surface area (Å²) in [6.07, 6.45) is 5.40. The summed E-state index contributed by atoms with van der Waals surface area (Å²) in [6.45, 7) is 3.93. The number of nitrogens with one attached hydrogen (secondary N) is 1. The number of hydrogen-bond acceptors (Lipinski definition) is 5. The molecule has 1 amide bonds. The smallest absolute Gasteiger partial charge is 0.238 e. The lowest BCUT2D eigenvalue weighted by molar-refractivity contribution is -0.122. The monoisotopic (exact) mass is 586 g/mol. The third-order valence-corrected chi connectivity index (χ3v) is 9.01. The lowest BCUT2D eigenvalue weighted by Gasteiger charge is -2.38. The number of fused-ring (bicyclic) bond motifs is 6. The Kier molecular flexibility index (Phi) is 6.51. The molecule has 3 aliphatic rings. The van der Waals surface area contributed by atoms with Crippen molar-refractivity contribution in [1.82, 2.24) is 4.90 Å². The van der Waals surface area contributed by atoms with E-state index >= 15 is 4.79 Å². The number of amides is 1. The summed E-state index contributed by atoms with van der Waals surface area (Å²) in [7, 11) is 0. The number of halogens is 1. The fourth-order valence-electron chi connectivity index (χ4n) is 7.06. The molecule has 7 rings (SSSR count). The van der Waals surface area contributed by atoms with Crippen LogP contribution in [0.2, 0.25) is 5.02 Å². The lowest BCUT2D eigenvalue weighted by Crippen LogP contribution is -2.49. The summed E-state index contributed by atoms with van der Waals surface area (Å²) < 4.78 is 5.92. The maximum absolute atomic E-state index is 15.1. The number of hydrogen-bond donors (Lipinski definition) is 1. The molecule has 0 aliphatic carbocycles. The largest absolute Gasteiger partial charge is 0.489 e. The minimum absolute atomic E-state index is 0.196. The molecule has 0 bridgehead atoms. The molecule has 3 aliphatic heterocycles. The van der Waals surface area contributed by atoms with Crippen LogP contribution in [0.15, 0.2) is 116 Å². The predicted molar refractivity (Wildman–Crippen MR) is 166 cm³/mol. The molecule has 3 heterocycles. The first-order chi connectivity index (χ1) is 21.0. The minimum Gasteiger partial charge on any atom is -0.489 e. The number of carbonyl (C=O) groups excluding carboxylic acids is 3. The Morgan fingerprint density at radius 1 is 0.930 bits per heavy atom. The van der Waals surface area contributed by atoms with E-state index in [1.165, 1.54) is 0 Å². The quantitative estimate of drug-likeness (QED) is 0.189. The summed E-state index contributed by atoms with van der Waals surface area (Å²) in [5.41, 5.74) is 2.41. The van der Waals surface area contributed by atoms with E-state index in [9.17, 15) is 9.59 Å². The van der Waals surface area contributed by atoms with Gasteiger partial charge in [-0.05, 0) is 65.2 Å². The van der Waals surface area contributed by atoms with Crippen molar-refractivity contribution in [3.8, 4) is 5.75 Å². The number of benzene rings is 4. The molecule has 0 unspecified atom stereocenters. The van der Waals surface area contributed by atoms with Crippen LogP contribution in [-0.2, 0) is 10.2 Å². The Balaban J connectivity index is 1.52. The first-order valence-corrected chi connectivity index (χ1v) is 14.5. The number of carbonyl (C=O) groups is 3. The van der Waals surface area contributed by atoms with E-state index < -0.39 is 23.4 Å². The van der Waals surface area contributed by atoms with Crippen LogP contribution in [0.4, 0.5) is 5.69 Å². The van der Waals surface area contributed by atoms with Crippen molar-refractivity contribution >= 4 is 40.8 Å². The van der Waals surface area contributed by atoms with Crippen molar-refractivity contribution in [1.29, 1.82) is 0 Å². The van der Waals surface area contributed by atoms with E-state index in [0.717, 1.165) is 11.1 Å². The van der Waals surface area contributed by atoms with Crippen LogP contribution >= 0.6 is 11.6 Å². The second-order valence-corrected chi connectivity index (χ2v) is 11.4. The zero-order valence-electron chi connectivity index (χ0n) is 23.1. The number of ketones is 2. The average molecular weight is 587 g/mol. The molecule has 4 aromatic carbocycles. The SMILES string of the molecule is C=CCOc1ccccc1C(=O)[C@@H]1[C@H](C(=O)c2ccc(Cl)cc2)N2C=Cc3ccccc3[C@H]2[C@@]12C(=O)Nc1ccccc12. The summed E-state index contributed by atoms with van der Waals surface area (Å²) in [5, 5.41) is 3.57. The maximum atomic E-state index is 15.1. The molecule has 212 valence electrons. The topological polar surface area (TPSA) is 75.7 Å². The molecule has 0 saturated carbocycles. The highest BCUT2D eigenvalue weighted by Crippen LogP contribution is 2.62. The van der Waals surface area contributed by atoms with Gasteiger partial charge in [-0.1, -0.05) is 78.9 Å². The van der Waals surface area contributed by atoms with Crippen molar-refractivity contribution in [3.05, 3.63) is 149 Å². The molecule has 1 fully saturated rings. The molecular formula is C36H27ClN2O4. The van der Waals surface area contributed by atoms with Crippen LogP contribution in [0.1, 0.15) is 43.4 Å². The van der Waals surface area contributed by atoms with Crippen LogP contribution in [0.25, 0.3) is 6.08 Å². The van der Waals surface area contributed by atoms with Crippen molar-refractivity contribution in [2.45, 2.75) is 17.5 Å². The van der Waals surface area contributed by atoms with Crippen molar-refractivity contribution in [2.24, 2.45) is 5.92 Å². The highest BCUT2D eigenvalue weighted by atomic mass is 35.5. The molecule has 4 atom stereocenters. The number of Topliss-reactive ketones (excluding diaryl/α,β-unsaturated/α-hetero) is 2. The average Bonchev–Trinajstić information content (AvgIpc) is 3.52. The van der Waals surface area contributed by atoms with Gasteiger partial charge in [-0.3, -0.25) is 14.4 Å². The van der Waals surface area contributed by atoms with E-state index in [4.69, 9.17) is 16.3 Å². The molecule has 0 radical (unpaired) electrons. The number of para-hydroxylation sites is 2. The van der Waals surface area contributed by atoms with E-state index in [1.807, 2.05) is 65.7 Å². The molecule has 43 heavy (non-hydrogen) atoms. The van der Waals surface area contributed by atoms with Gasteiger partial charge < -0.3 is 15.0 Å². The Morgan fingerprint density at radius 3 is 2.47 bits per heavy atom. The maximum Gasteiger partial charge on any atom is 0.238 e. The van der Waals surface area contributed by atoms with Crippen molar-refractivity contribution in [2.75, 3.05) is 11.9 Å². The Hall–Kier alpha value is -4.94. The van der Waals surface area contributed by atoms with Crippen molar-refractivity contribution < 1.29 is 19.1 Å². The van der Waals surface area contributed by atoms with Gasteiger partial charge in [-0.2, -0.15) is 0 Å². The first-order valence-electron chi connectivity index (χ1n) is 14.1. The normalized spacial score (nSPS) is 22.9. The second kappa shape index (κ2) is 10.4. The van der Waals surface area contributed by atoms with Gasteiger partial charge in [-0.15, -0.1) is 0 Å². The zero-order chi connectivity index (χ0) is 29.7. The number of ether oxygens (including phenoxy) is 1. The second-order valence-electron chi connectivity index (χ2n) is 10.9. The zero-order valence-corrected chi connectivity index (χ0v) is 23.8. The Labute approximate surface area is 254 Å². The lowest BCUT2D eigenvalue weighted by atomic mass is 9.62. The number of nitrogens with zero attached hydrogens (tertiary/aromatic N) is 1. The highest BCUT2D eigenvalue weighted by molar-refractivity contribution is 6.30. The van der Waals surface area contributed by atoms with Gasteiger partial charge in [0.1, 0.15) is 23.8 Å². The molecule has 1 N–H and O–H groups in total. The molecule has 7 heteroatoms. The van der Waals surface area contributed by atoms with Crippen LogP contribution in [0.3, 0.4) is 0 Å². The van der Waals surface area contributed by atoms with E-state index in [0.29, 0.717) is 33.1 Å². The van der Waals surface area contributed by atoms with Gasteiger partial charge in [0.25, 0.3) is 0 Å². The van der Waals surface area contributed by atoms with E-state index in [-0.39, 0.29) is 24.1 Å². The molecule has 0 aromatic heterocycles. The fraction of sp³-hybridized carbons (Fsp3) is 0.139. The molecular weight excluding hydrogens is 560 g/mol. The third kappa shape index (κ3) is 3.97. The highest BCUT2D eigenvalue weighted by Gasteiger charge is 2.70. The summed E-state index contributed by atoms with van der Waals surface area (Å²) in [4.78, 5) is 46.2. The van der Waals surface area contributed by atoms with Crippen molar-refractivity contribution in [3.63, 3.8) is 0 Å². The van der Waals surface area contributed by atoms with Gasteiger partial charge in [0.15, 0.2) is 11.6 Å². The van der Waals surface area contributed by atoms with Gasteiger partial charge >= 0.3 is 0 Å². The van der Waals surface area contributed by atoms with Crippen LogP contribution < -0.4 is 10.1 Å². The van der Waals surface area contributed by atoms with E-state index in [1.54, 1.807) is 54.6 Å². The van der Waals surface area contributed by atoms with Crippen LogP contribution in [0, 0.1) is 5.92 Å².